The first-order valence-corrected chi connectivity index (χ1v) is 10.1. The van der Waals surface area contributed by atoms with Gasteiger partial charge in [0.2, 0.25) is 0 Å². The van der Waals surface area contributed by atoms with E-state index in [1.807, 2.05) is 0 Å². The zero-order valence-corrected chi connectivity index (χ0v) is 18.3. The van der Waals surface area contributed by atoms with Crippen molar-refractivity contribution in [3.63, 3.8) is 0 Å². The lowest BCUT2D eigenvalue weighted by molar-refractivity contribution is 0.425. The smallest absolute Gasteiger partial charge is 0.0471 e. The first kappa shape index (κ1) is 20.8. The van der Waals surface area contributed by atoms with Crippen LogP contribution in [0.4, 0.5) is 0 Å². The molecular formula is C25H39N. The number of fused-ring (bicyclic) bond motifs is 1. The van der Waals surface area contributed by atoms with E-state index in [4.69, 9.17) is 0 Å². The molecule has 0 saturated heterocycles. The molecule has 1 heterocycles. The van der Waals surface area contributed by atoms with E-state index in [0.29, 0.717) is 0 Å². The number of allylic oxidation sites excluding steroid dienone is 4. The van der Waals surface area contributed by atoms with Crippen molar-refractivity contribution in [2.24, 2.45) is 17.9 Å². The lowest BCUT2D eigenvalue weighted by Crippen LogP contribution is -2.10. The fourth-order valence-electron chi connectivity index (χ4n) is 4.38. The van der Waals surface area contributed by atoms with E-state index in [1.54, 1.807) is 0 Å². The molecule has 1 aliphatic rings. The Hall–Kier alpha value is -1.50. The van der Waals surface area contributed by atoms with Crippen molar-refractivity contribution in [3.8, 4) is 0 Å². The topological polar surface area (TPSA) is 4.93 Å². The summed E-state index contributed by atoms with van der Waals surface area (Å²) in [5.74, 6) is 0. The fourth-order valence-corrected chi connectivity index (χ4v) is 4.38. The Morgan fingerprint density at radius 2 is 1.15 bits per heavy atom. The molecule has 1 aromatic heterocycles. The molecule has 0 amide bonds. The summed E-state index contributed by atoms with van der Waals surface area (Å²) in [5, 5.41) is 0. The van der Waals surface area contributed by atoms with Crippen molar-refractivity contribution >= 4 is 11.1 Å². The van der Waals surface area contributed by atoms with Crippen molar-refractivity contribution in [1.82, 2.24) is 4.57 Å². The van der Waals surface area contributed by atoms with Gasteiger partial charge in [-0.3, -0.25) is 0 Å². The van der Waals surface area contributed by atoms with E-state index < -0.39 is 0 Å². The van der Waals surface area contributed by atoms with Gasteiger partial charge in [0.25, 0.3) is 0 Å². The molecule has 26 heavy (non-hydrogen) atoms. The number of hydrogen-bond acceptors (Lipinski definition) is 0. The summed E-state index contributed by atoms with van der Waals surface area (Å²) in [4.78, 5) is 0. The van der Waals surface area contributed by atoms with Gasteiger partial charge in [-0.2, -0.15) is 0 Å². The van der Waals surface area contributed by atoms with E-state index >= 15 is 0 Å². The van der Waals surface area contributed by atoms with Gasteiger partial charge in [0.05, 0.1) is 0 Å². The summed E-state index contributed by atoms with van der Waals surface area (Å²) in [6.07, 6.45) is 11.2. The molecule has 0 unspecified atom stereocenters. The minimum atomic E-state index is 0.248. The summed E-state index contributed by atoms with van der Waals surface area (Å²) in [6, 6.07) is 0. The summed E-state index contributed by atoms with van der Waals surface area (Å²) in [7, 11) is 2.23. The van der Waals surface area contributed by atoms with Crippen LogP contribution >= 0.6 is 0 Å². The van der Waals surface area contributed by atoms with Crippen LogP contribution in [0, 0.1) is 10.8 Å². The molecule has 0 fully saturated rings. The highest BCUT2D eigenvalue weighted by Gasteiger charge is 2.26. The van der Waals surface area contributed by atoms with Crippen molar-refractivity contribution in [3.05, 3.63) is 47.8 Å². The predicted molar refractivity (Wildman–Crippen MR) is 117 cm³/mol. The number of nitrogens with zero attached hydrogens (tertiary/aromatic N) is 1. The average Bonchev–Trinajstić information content (AvgIpc) is 2.66. The van der Waals surface area contributed by atoms with E-state index in [0.717, 1.165) is 38.5 Å². The maximum atomic E-state index is 4.51. The van der Waals surface area contributed by atoms with E-state index in [-0.39, 0.29) is 10.8 Å². The largest absolute Gasteiger partial charge is 0.344 e. The molecule has 0 aromatic carbocycles. The molecule has 1 aromatic rings. The van der Waals surface area contributed by atoms with Crippen LogP contribution in [0.2, 0.25) is 0 Å². The van der Waals surface area contributed by atoms with Crippen LogP contribution in [0.3, 0.4) is 0 Å². The SMILES string of the molecule is C=C(CC(C)(C)C)c1c2c(c(C(=C)CC(C)(C)C)n1C)CC/C=C\CC2. The van der Waals surface area contributed by atoms with Gasteiger partial charge in [-0.1, -0.05) is 66.9 Å². The van der Waals surface area contributed by atoms with Crippen LogP contribution in [-0.4, -0.2) is 4.57 Å². The molecule has 0 bridgehead atoms. The third-order valence-electron chi connectivity index (χ3n) is 5.05. The van der Waals surface area contributed by atoms with Crippen LogP contribution in [0.15, 0.2) is 25.3 Å². The van der Waals surface area contributed by atoms with Gasteiger partial charge in [0.15, 0.2) is 0 Å². The molecule has 0 aliphatic heterocycles. The lowest BCUT2D eigenvalue weighted by atomic mass is 9.84. The normalized spacial score (nSPS) is 16.6. The molecule has 0 atom stereocenters. The van der Waals surface area contributed by atoms with Gasteiger partial charge >= 0.3 is 0 Å². The van der Waals surface area contributed by atoms with Gasteiger partial charge in [-0.25, -0.2) is 0 Å². The Morgan fingerprint density at radius 1 is 0.808 bits per heavy atom. The summed E-state index contributed by atoms with van der Waals surface area (Å²) >= 11 is 0. The molecular weight excluding hydrogens is 314 g/mol. The quantitative estimate of drug-likeness (QED) is 0.498. The Balaban J connectivity index is 2.57. The van der Waals surface area contributed by atoms with Crippen molar-refractivity contribution in [2.45, 2.75) is 80.1 Å². The highest BCUT2D eigenvalue weighted by molar-refractivity contribution is 5.74. The Labute approximate surface area is 161 Å². The summed E-state index contributed by atoms with van der Waals surface area (Å²) < 4.78 is 2.41. The molecule has 0 saturated carbocycles. The molecule has 1 aliphatic carbocycles. The average molecular weight is 354 g/mol. The van der Waals surface area contributed by atoms with Crippen LogP contribution in [0.5, 0.6) is 0 Å². The monoisotopic (exact) mass is 353 g/mol. The zero-order chi connectivity index (χ0) is 19.7. The molecule has 0 N–H and O–H groups in total. The van der Waals surface area contributed by atoms with Crippen LogP contribution in [0.1, 0.15) is 89.7 Å². The third-order valence-corrected chi connectivity index (χ3v) is 5.05. The maximum absolute atomic E-state index is 4.51. The molecule has 1 heteroatoms. The second-order valence-corrected chi connectivity index (χ2v) is 10.4. The fraction of sp³-hybridized carbons (Fsp3) is 0.600. The van der Waals surface area contributed by atoms with Crippen molar-refractivity contribution < 1.29 is 0 Å². The Bertz CT molecular complexity index is 651. The number of rotatable bonds is 4. The van der Waals surface area contributed by atoms with Crippen molar-refractivity contribution in [2.75, 3.05) is 0 Å². The highest BCUT2D eigenvalue weighted by atomic mass is 15.0. The van der Waals surface area contributed by atoms with Gasteiger partial charge in [-0.15, -0.1) is 0 Å². The predicted octanol–water partition coefficient (Wildman–Crippen LogP) is 7.36. The second-order valence-electron chi connectivity index (χ2n) is 10.4. The minimum absolute atomic E-state index is 0.248. The molecule has 0 spiro atoms. The molecule has 144 valence electrons. The third kappa shape index (κ3) is 5.02. The molecule has 0 radical (unpaired) electrons. The van der Waals surface area contributed by atoms with Crippen molar-refractivity contribution in [1.29, 1.82) is 0 Å². The first-order chi connectivity index (χ1) is 11.9. The van der Waals surface area contributed by atoms with Gasteiger partial charge in [0, 0.05) is 18.4 Å². The second kappa shape index (κ2) is 7.62. The molecule has 2 rings (SSSR count). The lowest BCUT2D eigenvalue weighted by Gasteiger charge is -2.23. The molecule has 1 nitrogen and oxygen atoms in total. The maximum Gasteiger partial charge on any atom is 0.0471 e. The van der Waals surface area contributed by atoms with Crippen LogP contribution < -0.4 is 0 Å². The van der Waals surface area contributed by atoms with Gasteiger partial charge < -0.3 is 4.57 Å². The number of aromatic nitrogens is 1. The summed E-state index contributed by atoms with van der Waals surface area (Å²) in [5.41, 5.74) is 8.83. The Morgan fingerprint density at radius 3 is 1.46 bits per heavy atom. The Kier molecular flexibility index (Phi) is 6.10. The van der Waals surface area contributed by atoms with E-state index in [1.165, 1.54) is 33.7 Å². The van der Waals surface area contributed by atoms with Gasteiger partial charge in [-0.05, 0) is 71.6 Å². The first-order valence-electron chi connectivity index (χ1n) is 10.1. The van der Waals surface area contributed by atoms with Crippen LogP contribution in [-0.2, 0) is 19.9 Å². The standard InChI is InChI=1S/C25H39N/c1-18(16-24(3,4)5)22-20-14-12-10-11-13-15-21(20)23(26(22)9)19(2)17-25(6,7)8/h10-11H,1-2,12-17H2,3-9H3/b11-10-. The number of hydrogen-bond donors (Lipinski definition) is 0. The summed E-state index contributed by atoms with van der Waals surface area (Å²) in [6.45, 7) is 22.8. The van der Waals surface area contributed by atoms with E-state index in [2.05, 4.69) is 78.5 Å². The van der Waals surface area contributed by atoms with Crippen LogP contribution in [0.25, 0.3) is 11.1 Å². The highest BCUT2D eigenvalue weighted by Crippen LogP contribution is 2.40. The van der Waals surface area contributed by atoms with Gasteiger partial charge in [0.1, 0.15) is 0 Å². The minimum Gasteiger partial charge on any atom is -0.344 e. The van der Waals surface area contributed by atoms with E-state index in [9.17, 15) is 0 Å². The zero-order valence-electron chi connectivity index (χ0n) is 18.3.